The lowest BCUT2D eigenvalue weighted by atomic mass is 9.64. The molecule has 0 heterocycles. The van der Waals surface area contributed by atoms with Crippen LogP contribution in [0.1, 0.15) is 62.9 Å². The van der Waals surface area contributed by atoms with E-state index in [0.717, 1.165) is 24.8 Å². The zero-order chi connectivity index (χ0) is 18.8. The van der Waals surface area contributed by atoms with Crippen LogP contribution in [0.25, 0.3) is 0 Å². The molecule has 0 aliphatic heterocycles. The standard InChI is InChI=1S/C20H30N2O3/c1-13-9-19(4,5)11-20(10-13,12-23)22-18(25)16-7-6-8-17(14(16)2)21-15(3)24/h6-8,13,23H,9-12H2,1-5H3,(H,21,24)(H,22,25)/t13-,20+/m1/s1. The Labute approximate surface area is 150 Å². The molecule has 1 aromatic carbocycles. The van der Waals surface area contributed by atoms with Crippen LogP contribution in [0.5, 0.6) is 0 Å². The minimum atomic E-state index is -0.602. The third-order valence-corrected chi connectivity index (χ3v) is 5.03. The number of nitrogens with one attached hydrogen (secondary N) is 2. The van der Waals surface area contributed by atoms with Gasteiger partial charge in [0.2, 0.25) is 5.91 Å². The fraction of sp³-hybridized carbons (Fsp3) is 0.600. The molecule has 1 aliphatic rings. The van der Waals surface area contributed by atoms with E-state index in [4.69, 9.17) is 0 Å². The highest BCUT2D eigenvalue weighted by Crippen LogP contribution is 2.43. The monoisotopic (exact) mass is 346 g/mol. The molecule has 5 nitrogen and oxygen atoms in total. The zero-order valence-electron chi connectivity index (χ0n) is 15.9. The number of rotatable bonds is 4. The van der Waals surface area contributed by atoms with Gasteiger partial charge in [0, 0.05) is 18.2 Å². The Kier molecular flexibility index (Phi) is 5.57. The first-order valence-corrected chi connectivity index (χ1v) is 8.88. The number of anilines is 1. The van der Waals surface area contributed by atoms with Crippen molar-refractivity contribution in [1.29, 1.82) is 0 Å². The summed E-state index contributed by atoms with van der Waals surface area (Å²) in [5.74, 6) is 0.0574. The molecule has 0 spiro atoms. The lowest BCUT2D eigenvalue weighted by Crippen LogP contribution is -2.57. The predicted molar refractivity (Wildman–Crippen MR) is 99.6 cm³/mol. The summed E-state index contributed by atoms with van der Waals surface area (Å²) >= 11 is 0. The topological polar surface area (TPSA) is 78.4 Å². The van der Waals surface area contributed by atoms with Gasteiger partial charge in [-0.1, -0.05) is 26.8 Å². The minimum absolute atomic E-state index is 0.0702. The molecule has 1 aliphatic carbocycles. The van der Waals surface area contributed by atoms with E-state index in [0.29, 0.717) is 17.2 Å². The molecule has 0 bridgehead atoms. The van der Waals surface area contributed by atoms with Crippen molar-refractivity contribution in [2.24, 2.45) is 11.3 Å². The smallest absolute Gasteiger partial charge is 0.252 e. The molecular weight excluding hydrogens is 316 g/mol. The van der Waals surface area contributed by atoms with E-state index >= 15 is 0 Å². The first kappa shape index (κ1) is 19.4. The molecule has 0 aromatic heterocycles. The second-order valence-electron chi connectivity index (χ2n) is 8.41. The van der Waals surface area contributed by atoms with Crippen LogP contribution in [0.3, 0.4) is 0 Å². The average molecular weight is 346 g/mol. The second-order valence-corrected chi connectivity index (χ2v) is 8.41. The third-order valence-electron chi connectivity index (χ3n) is 5.03. The fourth-order valence-corrected chi connectivity index (χ4v) is 4.51. The molecular formula is C20H30N2O3. The van der Waals surface area contributed by atoms with Crippen LogP contribution in [0.15, 0.2) is 18.2 Å². The number of aliphatic hydroxyl groups is 1. The number of carbonyl (C=O) groups excluding carboxylic acids is 2. The Morgan fingerprint density at radius 1 is 1.28 bits per heavy atom. The summed E-state index contributed by atoms with van der Waals surface area (Å²) in [6.45, 7) is 9.72. The van der Waals surface area contributed by atoms with Gasteiger partial charge in [-0.15, -0.1) is 0 Å². The van der Waals surface area contributed by atoms with Gasteiger partial charge in [0.25, 0.3) is 5.91 Å². The van der Waals surface area contributed by atoms with Gasteiger partial charge in [-0.2, -0.15) is 0 Å². The first-order chi connectivity index (χ1) is 11.6. The van der Waals surface area contributed by atoms with E-state index in [1.165, 1.54) is 6.92 Å². The van der Waals surface area contributed by atoms with Crippen LogP contribution in [-0.4, -0.2) is 29.1 Å². The molecule has 1 aromatic rings. The maximum absolute atomic E-state index is 12.9. The molecule has 2 rings (SSSR count). The van der Waals surface area contributed by atoms with Crippen molar-refractivity contribution in [3.8, 4) is 0 Å². The maximum atomic E-state index is 12.9. The van der Waals surface area contributed by atoms with Crippen LogP contribution in [0.2, 0.25) is 0 Å². The molecule has 0 saturated heterocycles. The fourth-order valence-electron chi connectivity index (χ4n) is 4.51. The third kappa shape index (κ3) is 4.60. The average Bonchev–Trinajstić information content (AvgIpc) is 2.46. The number of amides is 2. The minimum Gasteiger partial charge on any atom is -0.394 e. The Balaban J connectivity index is 2.27. The highest BCUT2D eigenvalue weighted by molar-refractivity contribution is 5.99. The molecule has 25 heavy (non-hydrogen) atoms. The number of hydrogen-bond donors (Lipinski definition) is 3. The zero-order valence-corrected chi connectivity index (χ0v) is 15.9. The molecule has 1 fully saturated rings. The van der Waals surface area contributed by atoms with Crippen molar-refractivity contribution in [2.45, 2.75) is 59.4 Å². The van der Waals surface area contributed by atoms with Crippen molar-refractivity contribution >= 4 is 17.5 Å². The Bertz CT molecular complexity index is 669. The number of benzene rings is 1. The van der Waals surface area contributed by atoms with E-state index in [2.05, 4.69) is 31.4 Å². The molecule has 5 heteroatoms. The molecule has 0 radical (unpaired) electrons. The lowest BCUT2D eigenvalue weighted by molar-refractivity contribution is -0.114. The number of carbonyl (C=O) groups is 2. The maximum Gasteiger partial charge on any atom is 0.252 e. The van der Waals surface area contributed by atoms with Gasteiger partial charge in [0.05, 0.1) is 12.1 Å². The van der Waals surface area contributed by atoms with Gasteiger partial charge in [0.1, 0.15) is 0 Å². The molecule has 138 valence electrons. The van der Waals surface area contributed by atoms with E-state index in [1.807, 2.05) is 6.92 Å². The number of aliphatic hydroxyl groups excluding tert-OH is 1. The van der Waals surface area contributed by atoms with Crippen molar-refractivity contribution in [2.75, 3.05) is 11.9 Å². The van der Waals surface area contributed by atoms with Crippen molar-refractivity contribution < 1.29 is 14.7 Å². The highest BCUT2D eigenvalue weighted by Gasteiger charge is 2.43. The molecule has 0 unspecified atom stereocenters. The van der Waals surface area contributed by atoms with E-state index in [-0.39, 0.29) is 23.8 Å². The van der Waals surface area contributed by atoms with Crippen LogP contribution >= 0.6 is 0 Å². The second kappa shape index (κ2) is 7.16. The van der Waals surface area contributed by atoms with Crippen LogP contribution in [-0.2, 0) is 4.79 Å². The normalized spacial score (nSPS) is 25.3. The van der Waals surface area contributed by atoms with Gasteiger partial charge in [-0.3, -0.25) is 9.59 Å². The predicted octanol–water partition coefficient (Wildman–Crippen LogP) is 3.26. The Morgan fingerprint density at radius 2 is 1.96 bits per heavy atom. The van der Waals surface area contributed by atoms with Crippen molar-refractivity contribution in [1.82, 2.24) is 5.32 Å². The van der Waals surface area contributed by atoms with Gasteiger partial charge < -0.3 is 15.7 Å². The Morgan fingerprint density at radius 3 is 2.52 bits per heavy atom. The largest absolute Gasteiger partial charge is 0.394 e. The van der Waals surface area contributed by atoms with Gasteiger partial charge in [-0.05, 0) is 55.2 Å². The van der Waals surface area contributed by atoms with Gasteiger partial charge in [0.15, 0.2) is 0 Å². The summed E-state index contributed by atoms with van der Waals surface area (Å²) in [5, 5.41) is 15.9. The van der Waals surface area contributed by atoms with E-state index in [9.17, 15) is 14.7 Å². The van der Waals surface area contributed by atoms with Crippen molar-refractivity contribution in [3.63, 3.8) is 0 Å². The summed E-state index contributed by atoms with van der Waals surface area (Å²) in [6.07, 6.45) is 2.60. The SMILES string of the molecule is CC(=O)Nc1cccc(C(=O)N[C@@]2(CO)C[C@H](C)CC(C)(C)C2)c1C. The first-order valence-electron chi connectivity index (χ1n) is 8.88. The summed E-state index contributed by atoms with van der Waals surface area (Å²) in [4.78, 5) is 24.2. The number of hydrogen-bond acceptors (Lipinski definition) is 3. The highest BCUT2D eigenvalue weighted by atomic mass is 16.3. The molecule has 2 amide bonds. The molecule has 1 saturated carbocycles. The van der Waals surface area contributed by atoms with Crippen LogP contribution in [0, 0.1) is 18.3 Å². The summed E-state index contributed by atoms with van der Waals surface area (Å²) in [5.41, 5.74) is 1.35. The van der Waals surface area contributed by atoms with E-state index in [1.54, 1.807) is 18.2 Å². The Hall–Kier alpha value is -1.88. The molecule has 3 N–H and O–H groups in total. The summed E-state index contributed by atoms with van der Waals surface area (Å²) in [7, 11) is 0. The summed E-state index contributed by atoms with van der Waals surface area (Å²) < 4.78 is 0. The van der Waals surface area contributed by atoms with Gasteiger partial charge in [-0.25, -0.2) is 0 Å². The van der Waals surface area contributed by atoms with Gasteiger partial charge >= 0.3 is 0 Å². The van der Waals surface area contributed by atoms with Crippen molar-refractivity contribution in [3.05, 3.63) is 29.3 Å². The summed E-state index contributed by atoms with van der Waals surface area (Å²) in [6, 6.07) is 5.28. The van der Waals surface area contributed by atoms with Crippen LogP contribution in [0.4, 0.5) is 5.69 Å². The quantitative estimate of drug-likeness (QED) is 0.783. The molecule has 2 atom stereocenters. The van der Waals surface area contributed by atoms with E-state index < -0.39 is 5.54 Å². The van der Waals surface area contributed by atoms with Crippen LogP contribution < -0.4 is 10.6 Å². The lowest BCUT2D eigenvalue weighted by Gasteiger charge is -2.47.